The van der Waals surface area contributed by atoms with Gasteiger partial charge in [-0.1, -0.05) is 12.1 Å². The predicted octanol–water partition coefficient (Wildman–Crippen LogP) is 3.18. The first-order valence-corrected chi connectivity index (χ1v) is 7.08. The van der Waals surface area contributed by atoms with Crippen LogP contribution in [-0.4, -0.2) is 28.3 Å². The van der Waals surface area contributed by atoms with Gasteiger partial charge >= 0.3 is 0 Å². The molecule has 0 atom stereocenters. The average molecular weight is 292 g/mol. The average Bonchev–Trinajstić information content (AvgIpc) is 2.61. The molecule has 2 heterocycles. The molecular weight excluding hydrogens is 276 g/mol. The lowest BCUT2D eigenvalue weighted by Gasteiger charge is -2.10. The SMILES string of the molecule is OCCOc1cc(-c2ccccn2)cc(-c2ccccn2)c1. The Balaban J connectivity index is 2.06. The minimum absolute atomic E-state index is 0.0211. The normalized spacial score (nSPS) is 10.4. The summed E-state index contributed by atoms with van der Waals surface area (Å²) in [5, 5.41) is 8.95. The van der Waals surface area contributed by atoms with E-state index in [4.69, 9.17) is 9.84 Å². The van der Waals surface area contributed by atoms with Gasteiger partial charge < -0.3 is 9.84 Å². The number of rotatable bonds is 5. The molecule has 0 unspecified atom stereocenters. The molecular formula is C18H16N2O2. The fourth-order valence-corrected chi connectivity index (χ4v) is 2.21. The highest BCUT2D eigenvalue weighted by Gasteiger charge is 2.07. The Morgan fingerprint density at radius 3 is 1.86 bits per heavy atom. The van der Waals surface area contributed by atoms with Crippen molar-refractivity contribution in [2.24, 2.45) is 0 Å². The van der Waals surface area contributed by atoms with Crippen molar-refractivity contribution >= 4 is 0 Å². The van der Waals surface area contributed by atoms with Crippen molar-refractivity contribution in [1.29, 1.82) is 0 Å². The van der Waals surface area contributed by atoms with Crippen molar-refractivity contribution in [3.8, 4) is 28.3 Å². The lowest BCUT2D eigenvalue weighted by Crippen LogP contribution is -2.02. The maximum absolute atomic E-state index is 8.95. The number of pyridine rings is 2. The van der Waals surface area contributed by atoms with Crippen molar-refractivity contribution in [3.63, 3.8) is 0 Å². The van der Waals surface area contributed by atoms with Crippen molar-refractivity contribution in [2.45, 2.75) is 0 Å². The maximum atomic E-state index is 8.95. The number of aliphatic hydroxyl groups is 1. The fourth-order valence-electron chi connectivity index (χ4n) is 2.21. The van der Waals surface area contributed by atoms with Crippen molar-refractivity contribution < 1.29 is 9.84 Å². The van der Waals surface area contributed by atoms with Gasteiger partial charge in [0.05, 0.1) is 18.0 Å². The third-order valence-electron chi connectivity index (χ3n) is 3.19. The number of benzene rings is 1. The van der Waals surface area contributed by atoms with Crippen LogP contribution in [-0.2, 0) is 0 Å². The maximum Gasteiger partial charge on any atom is 0.120 e. The topological polar surface area (TPSA) is 55.2 Å². The van der Waals surface area contributed by atoms with Gasteiger partial charge in [-0.25, -0.2) is 0 Å². The molecule has 1 aromatic carbocycles. The highest BCUT2D eigenvalue weighted by Crippen LogP contribution is 2.29. The number of hydrogen-bond acceptors (Lipinski definition) is 4. The molecule has 0 fully saturated rings. The molecule has 0 saturated carbocycles. The van der Waals surface area contributed by atoms with E-state index in [1.54, 1.807) is 12.4 Å². The second-order valence-corrected chi connectivity index (χ2v) is 4.75. The van der Waals surface area contributed by atoms with Gasteiger partial charge in [0.2, 0.25) is 0 Å². The Kier molecular flexibility index (Phi) is 4.41. The molecule has 110 valence electrons. The van der Waals surface area contributed by atoms with E-state index in [0.717, 1.165) is 22.5 Å². The fraction of sp³-hybridized carbons (Fsp3) is 0.111. The van der Waals surface area contributed by atoms with Crippen LogP contribution in [0.4, 0.5) is 0 Å². The molecule has 3 aromatic rings. The highest BCUT2D eigenvalue weighted by molar-refractivity contribution is 5.71. The van der Waals surface area contributed by atoms with Crippen LogP contribution in [0.15, 0.2) is 67.0 Å². The molecule has 0 aliphatic carbocycles. The van der Waals surface area contributed by atoms with Gasteiger partial charge in [0.25, 0.3) is 0 Å². The molecule has 3 rings (SSSR count). The van der Waals surface area contributed by atoms with Gasteiger partial charge in [0, 0.05) is 23.5 Å². The number of aromatic nitrogens is 2. The summed E-state index contributed by atoms with van der Waals surface area (Å²) in [7, 11) is 0. The number of hydrogen-bond donors (Lipinski definition) is 1. The third kappa shape index (κ3) is 3.30. The molecule has 0 saturated heterocycles. The summed E-state index contributed by atoms with van der Waals surface area (Å²) in [6.07, 6.45) is 3.52. The summed E-state index contributed by atoms with van der Waals surface area (Å²) in [5.74, 6) is 0.692. The summed E-state index contributed by atoms with van der Waals surface area (Å²) in [5.41, 5.74) is 3.65. The first-order valence-electron chi connectivity index (χ1n) is 7.08. The van der Waals surface area contributed by atoms with Crippen LogP contribution < -0.4 is 4.74 Å². The van der Waals surface area contributed by atoms with Crippen LogP contribution >= 0.6 is 0 Å². The van der Waals surface area contributed by atoms with Crippen LogP contribution in [0.3, 0.4) is 0 Å². The minimum atomic E-state index is -0.0211. The lowest BCUT2D eigenvalue weighted by molar-refractivity contribution is 0.201. The standard InChI is InChI=1S/C18H16N2O2/c21-9-10-22-16-12-14(17-5-1-3-7-19-17)11-15(13-16)18-6-2-4-8-20-18/h1-8,11-13,21H,9-10H2. The zero-order chi connectivity index (χ0) is 15.2. The van der Waals surface area contributed by atoms with Crippen LogP contribution in [0.5, 0.6) is 5.75 Å². The summed E-state index contributed by atoms with van der Waals surface area (Å²) in [6, 6.07) is 17.4. The Bertz CT molecular complexity index is 673. The molecule has 4 heteroatoms. The smallest absolute Gasteiger partial charge is 0.120 e. The van der Waals surface area contributed by atoms with Gasteiger partial charge in [-0.3, -0.25) is 9.97 Å². The zero-order valence-electron chi connectivity index (χ0n) is 12.0. The highest BCUT2D eigenvalue weighted by atomic mass is 16.5. The van der Waals surface area contributed by atoms with Crippen molar-refractivity contribution in [3.05, 3.63) is 67.0 Å². The van der Waals surface area contributed by atoms with Gasteiger partial charge in [0.15, 0.2) is 0 Å². The van der Waals surface area contributed by atoms with Crippen LogP contribution in [0.1, 0.15) is 0 Å². The van der Waals surface area contributed by atoms with Gasteiger partial charge in [-0.05, 0) is 42.5 Å². The molecule has 0 aliphatic heterocycles. The Morgan fingerprint density at radius 2 is 1.41 bits per heavy atom. The van der Waals surface area contributed by atoms with Gasteiger partial charge in [-0.2, -0.15) is 0 Å². The predicted molar refractivity (Wildman–Crippen MR) is 85.5 cm³/mol. The first-order chi connectivity index (χ1) is 10.9. The van der Waals surface area contributed by atoms with E-state index in [0.29, 0.717) is 5.75 Å². The molecule has 0 spiro atoms. The van der Waals surface area contributed by atoms with Crippen molar-refractivity contribution in [1.82, 2.24) is 9.97 Å². The lowest BCUT2D eigenvalue weighted by atomic mass is 10.0. The van der Waals surface area contributed by atoms with E-state index in [1.165, 1.54) is 0 Å². The van der Waals surface area contributed by atoms with E-state index in [1.807, 2.05) is 54.6 Å². The van der Waals surface area contributed by atoms with Crippen LogP contribution in [0, 0.1) is 0 Å². The molecule has 1 N–H and O–H groups in total. The second-order valence-electron chi connectivity index (χ2n) is 4.75. The van der Waals surface area contributed by atoms with E-state index in [-0.39, 0.29) is 13.2 Å². The molecule has 0 amide bonds. The summed E-state index contributed by atoms with van der Waals surface area (Å²) in [4.78, 5) is 8.76. The van der Waals surface area contributed by atoms with E-state index >= 15 is 0 Å². The Morgan fingerprint density at radius 1 is 0.818 bits per heavy atom. The summed E-state index contributed by atoms with van der Waals surface area (Å²) < 4.78 is 5.57. The number of ether oxygens (including phenoxy) is 1. The number of aliphatic hydroxyl groups excluding tert-OH is 1. The van der Waals surface area contributed by atoms with Crippen LogP contribution in [0.2, 0.25) is 0 Å². The first kappa shape index (κ1) is 14.2. The van der Waals surface area contributed by atoms with E-state index in [9.17, 15) is 0 Å². The van der Waals surface area contributed by atoms with Crippen molar-refractivity contribution in [2.75, 3.05) is 13.2 Å². The van der Waals surface area contributed by atoms with E-state index in [2.05, 4.69) is 9.97 Å². The largest absolute Gasteiger partial charge is 0.491 e. The molecule has 0 aliphatic rings. The summed E-state index contributed by atoms with van der Waals surface area (Å²) >= 11 is 0. The number of nitrogens with zero attached hydrogens (tertiary/aromatic N) is 2. The molecule has 4 nitrogen and oxygen atoms in total. The van der Waals surface area contributed by atoms with Gasteiger partial charge in [-0.15, -0.1) is 0 Å². The Hall–Kier alpha value is -2.72. The quantitative estimate of drug-likeness (QED) is 0.784. The zero-order valence-corrected chi connectivity index (χ0v) is 12.0. The molecule has 2 aromatic heterocycles. The monoisotopic (exact) mass is 292 g/mol. The minimum Gasteiger partial charge on any atom is -0.491 e. The third-order valence-corrected chi connectivity index (χ3v) is 3.19. The molecule has 0 radical (unpaired) electrons. The molecule has 22 heavy (non-hydrogen) atoms. The Labute approximate surface area is 129 Å². The molecule has 0 bridgehead atoms. The van der Waals surface area contributed by atoms with Crippen LogP contribution in [0.25, 0.3) is 22.5 Å². The van der Waals surface area contributed by atoms with E-state index < -0.39 is 0 Å². The summed E-state index contributed by atoms with van der Waals surface area (Å²) in [6.45, 7) is 0.236. The van der Waals surface area contributed by atoms with Gasteiger partial charge in [0.1, 0.15) is 12.4 Å². The second kappa shape index (κ2) is 6.83.